The topological polar surface area (TPSA) is 78.9 Å². The molecule has 2 heterocycles. The first-order valence-corrected chi connectivity index (χ1v) is 11.2. The van der Waals surface area contributed by atoms with Crippen LogP contribution in [0.2, 0.25) is 0 Å². The summed E-state index contributed by atoms with van der Waals surface area (Å²) in [5.41, 5.74) is 4.77. The van der Waals surface area contributed by atoms with Crippen molar-refractivity contribution in [1.29, 1.82) is 0 Å². The summed E-state index contributed by atoms with van der Waals surface area (Å²) < 4.78 is 22.3. The van der Waals surface area contributed by atoms with E-state index in [-0.39, 0.29) is 11.8 Å². The molecule has 1 aliphatic carbocycles. The van der Waals surface area contributed by atoms with Crippen LogP contribution in [0.1, 0.15) is 61.7 Å². The van der Waals surface area contributed by atoms with Crippen molar-refractivity contribution in [2.75, 3.05) is 0 Å². The van der Waals surface area contributed by atoms with E-state index in [1.165, 1.54) is 25.1 Å². The van der Waals surface area contributed by atoms with E-state index in [9.17, 15) is 9.59 Å². The Kier molecular flexibility index (Phi) is 5.80. The van der Waals surface area contributed by atoms with Crippen molar-refractivity contribution < 1.29 is 27.9 Å². The second-order valence-electron chi connectivity index (χ2n) is 8.52. The van der Waals surface area contributed by atoms with Gasteiger partial charge in [-0.1, -0.05) is 55.5 Å². The molecule has 5 rings (SSSR count). The minimum Gasteiger partial charge on any atom is -0.472 e. The summed E-state index contributed by atoms with van der Waals surface area (Å²) in [7, 11) is 0. The number of hydrogen-bond donors (Lipinski definition) is 0. The number of rotatable bonds is 5. The van der Waals surface area contributed by atoms with E-state index in [1.807, 2.05) is 56.3 Å². The fourth-order valence-corrected chi connectivity index (χ4v) is 4.77. The van der Waals surface area contributed by atoms with Gasteiger partial charge in [0.05, 0.1) is 29.6 Å². The van der Waals surface area contributed by atoms with Crippen LogP contribution in [0.25, 0.3) is 0 Å². The highest BCUT2D eigenvalue weighted by molar-refractivity contribution is 5.90. The molecule has 4 atom stereocenters. The maximum Gasteiger partial charge on any atom is 0.341 e. The average molecular weight is 456 g/mol. The number of fused-ring (bicyclic) bond motifs is 1. The molecule has 0 amide bonds. The van der Waals surface area contributed by atoms with E-state index in [0.717, 1.165) is 22.3 Å². The molecule has 1 aliphatic rings. The second kappa shape index (κ2) is 9.06. The average Bonchev–Trinajstić information content (AvgIpc) is 3.57. The molecular weight excluding hydrogens is 432 g/mol. The number of aryl methyl sites for hydroxylation is 1. The zero-order valence-electron chi connectivity index (χ0n) is 18.8. The Balaban J connectivity index is 1.63. The van der Waals surface area contributed by atoms with Gasteiger partial charge in [-0.15, -0.1) is 0 Å². The van der Waals surface area contributed by atoms with Gasteiger partial charge in [-0.25, -0.2) is 9.59 Å². The molecule has 0 saturated heterocycles. The van der Waals surface area contributed by atoms with E-state index in [4.69, 9.17) is 18.3 Å². The van der Waals surface area contributed by atoms with Crippen molar-refractivity contribution >= 4 is 11.9 Å². The minimum absolute atomic E-state index is 0.213. The fraction of sp³-hybridized carbons (Fsp3) is 0.214. The van der Waals surface area contributed by atoms with Crippen LogP contribution in [-0.2, 0) is 9.47 Å². The number of carbonyl (C=O) groups is 2. The van der Waals surface area contributed by atoms with Crippen LogP contribution in [-0.4, -0.2) is 24.1 Å². The van der Waals surface area contributed by atoms with Crippen LogP contribution in [0.15, 0.2) is 94.6 Å². The van der Waals surface area contributed by atoms with Crippen LogP contribution >= 0.6 is 0 Å². The van der Waals surface area contributed by atoms with Gasteiger partial charge >= 0.3 is 11.9 Å². The van der Waals surface area contributed by atoms with E-state index in [2.05, 4.69) is 6.07 Å². The van der Waals surface area contributed by atoms with Crippen LogP contribution < -0.4 is 0 Å². The Morgan fingerprint density at radius 3 is 1.79 bits per heavy atom. The lowest BCUT2D eigenvalue weighted by Crippen LogP contribution is -2.46. The van der Waals surface area contributed by atoms with Gasteiger partial charge in [0, 0.05) is 5.92 Å². The summed E-state index contributed by atoms with van der Waals surface area (Å²) in [6.07, 6.45) is 4.04. The molecule has 0 saturated carbocycles. The molecule has 4 aromatic rings. The lowest BCUT2D eigenvalue weighted by molar-refractivity contribution is -0.0533. The molecule has 2 aromatic heterocycles. The van der Waals surface area contributed by atoms with Gasteiger partial charge in [0.2, 0.25) is 0 Å². The molecule has 2 unspecified atom stereocenters. The Morgan fingerprint density at radius 2 is 1.24 bits per heavy atom. The number of furan rings is 2. The first-order chi connectivity index (χ1) is 16.5. The fourth-order valence-electron chi connectivity index (χ4n) is 4.77. The van der Waals surface area contributed by atoms with Gasteiger partial charge in [0.15, 0.2) is 6.10 Å². The van der Waals surface area contributed by atoms with Crippen molar-refractivity contribution in [3.05, 3.63) is 119 Å². The SMILES string of the molecule is Cc1ccccc1[C@H]1c2ccccc2[C@H](C)C(OC(=O)c2ccoc2)C1OC(=O)c1ccoc1. The molecule has 172 valence electrons. The molecule has 0 bridgehead atoms. The predicted molar refractivity (Wildman–Crippen MR) is 124 cm³/mol. The molecule has 6 nitrogen and oxygen atoms in total. The monoisotopic (exact) mass is 456 g/mol. The van der Waals surface area contributed by atoms with Gasteiger partial charge in [-0.05, 0) is 41.3 Å². The molecule has 0 radical (unpaired) electrons. The Morgan fingerprint density at radius 1 is 0.706 bits per heavy atom. The van der Waals surface area contributed by atoms with E-state index >= 15 is 0 Å². The van der Waals surface area contributed by atoms with Gasteiger partial charge in [-0.2, -0.15) is 0 Å². The highest BCUT2D eigenvalue weighted by Gasteiger charge is 2.47. The standard InChI is InChI=1S/C28H24O6/c1-17-7-3-4-8-21(17)24-23-10-6-5-9-22(23)18(2)25(33-27(29)19-11-13-31-15-19)26(24)34-28(30)20-12-14-32-16-20/h3-16,18,24-26H,1-2H3/t18-,24-,25?,26?/m0/s1. The number of hydrogen-bond acceptors (Lipinski definition) is 6. The number of benzene rings is 2. The van der Waals surface area contributed by atoms with E-state index in [1.54, 1.807) is 12.1 Å². The maximum atomic E-state index is 13.1. The van der Waals surface area contributed by atoms with Gasteiger partial charge in [0.25, 0.3) is 0 Å². The highest BCUT2D eigenvalue weighted by atomic mass is 16.6. The third-order valence-corrected chi connectivity index (χ3v) is 6.49. The number of esters is 2. The van der Waals surface area contributed by atoms with Crippen molar-refractivity contribution in [3.8, 4) is 0 Å². The lowest BCUT2D eigenvalue weighted by atomic mass is 9.70. The summed E-state index contributed by atoms with van der Waals surface area (Å²) in [5.74, 6) is -1.60. The molecule has 6 heteroatoms. The molecule has 2 aromatic carbocycles. The Hall–Kier alpha value is -4.06. The normalized spacial score (nSPS) is 21.5. The van der Waals surface area contributed by atoms with Crippen LogP contribution in [0, 0.1) is 6.92 Å². The molecule has 34 heavy (non-hydrogen) atoms. The summed E-state index contributed by atoms with van der Waals surface area (Å²) in [5, 5.41) is 0. The summed E-state index contributed by atoms with van der Waals surface area (Å²) in [4.78, 5) is 26.0. The molecular formula is C28H24O6. The van der Waals surface area contributed by atoms with Crippen LogP contribution in [0.3, 0.4) is 0 Å². The highest BCUT2D eigenvalue weighted by Crippen LogP contribution is 2.46. The molecule has 0 aliphatic heterocycles. The second-order valence-corrected chi connectivity index (χ2v) is 8.52. The summed E-state index contributed by atoms with van der Waals surface area (Å²) >= 11 is 0. The van der Waals surface area contributed by atoms with Crippen LogP contribution in [0.4, 0.5) is 0 Å². The Bertz CT molecular complexity index is 1290. The molecule has 0 N–H and O–H groups in total. The smallest absolute Gasteiger partial charge is 0.341 e. The van der Waals surface area contributed by atoms with Crippen molar-refractivity contribution in [3.63, 3.8) is 0 Å². The lowest BCUT2D eigenvalue weighted by Gasteiger charge is -2.42. The third kappa shape index (κ3) is 3.92. The number of ether oxygens (including phenoxy) is 2. The molecule has 0 fully saturated rings. The van der Waals surface area contributed by atoms with E-state index in [0.29, 0.717) is 11.1 Å². The van der Waals surface area contributed by atoms with Gasteiger partial charge in [-0.3, -0.25) is 0 Å². The van der Waals surface area contributed by atoms with Gasteiger partial charge in [0.1, 0.15) is 18.6 Å². The summed E-state index contributed by atoms with van der Waals surface area (Å²) in [6.45, 7) is 4.01. The zero-order chi connectivity index (χ0) is 23.7. The van der Waals surface area contributed by atoms with Crippen molar-refractivity contribution in [1.82, 2.24) is 0 Å². The minimum atomic E-state index is -0.760. The largest absolute Gasteiger partial charge is 0.472 e. The van der Waals surface area contributed by atoms with Crippen LogP contribution in [0.5, 0.6) is 0 Å². The molecule has 0 spiro atoms. The maximum absolute atomic E-state index is 13.1. The van der Waals surface area contributed by atoms with Gasteiger partial charge < -0.3 is 18.3 Å². The summed E-state index contributed by atoms with van der Waals surface area (Å²) in [6, 6.07) is 19.1. The van der Waals surface area contributed by atoms with Crippen molar-refractivity contribution in [2.45, 2.75) is 37.9 Å². The predicted octanol–water partition coefficient (Wildman–Crippen LogP) is 5.88. The Labute approximate surface area is 197 Å². The first kappa shape index (κ1) is 21.8. The third-order valence-electron chi connectivity index (χ3n) is 6.49. The first-order valence-electron chi connectivity index (χ1n) is 11.2. The zero-order valence-corrected chi connectivity index (χ0v) is 18.8. The van der Waals surface area contributed by atoms with E-state index < -0.39 is 24.1 Å². The van der Waals surface area contributed by atoms with Crippen molar-refractivity contribution in [2.24, 2.45) is 0 Å². The quantitative estimate of drug-likeness (QED) is 0.349. The number of carbonyl (C=O) groups excluding carboxylic acids is 2.